The highest BCUT2D eigenvalue weighted by molar-refractivity contribution is 6.59. The molecule has 1 heteroatoms. The predicted octanol–water partition coefficient (Wildman–Crippen LogP) is 10.1. The molecule has 0 fully saturated rings. The summed E-state index contributed by atoms with van der Waals surface area (Å²) in [6.07, 6.45) is 11.4. The lowest BCUT2D eigenvalue weighted by Gasteiger charge is -2.15. The lowest BCUT2D eigenvalue weighted by molar-refractivity contribution is -0.108. The molecule has 0 N–H and O–H groups in total. The SMILES string of the molecule is C#Cc1ccc(C2=C(c3ccc(-c4ccccc4)cc3)C(c3ccc(-c4ccccc4)cc3)=C(c3ccc(C#C)cc3)C2=O)cc1. The normalized spacial score (nSPS) is 12.6. The molecule has 0 saturated carbocycles. The van der Waals surface area contributed by atoms with Gasteiger partial charge in [0.25, 0.3) is 0 Å². The first-order valence-corrected chi connectivity index (χ1v) is 15.1. The van der Waals surface area contributed by atoms with Crippen LogP contribution in [-0.4, -0.2) is 5.78 Å². The first-order chi connectivity index (χ1) is 22.6. The van der Waals surface area contributed by atoms with Crippen LogP contribution in [0.5, 0.6) is 0 Å². The standard InChI is InChI=1S/C45H28O/c1-3-31-15-19-39(20-16-31)43-41(37-27-23-35(24-28-37)33-11-7-5-8-12-33)42(44(45(43)46)40-21-17-32(4-2)18-22-40)38-29-25-36(26-30-38)34-13-9-6-10-14-34/h1-2,5-30H. The fourth-order valence-corrected chi connectivity index (χ4v) is 6.12. The summed E-state index contributed by atoms with van der Waals surface area (Å²) in [5.74, 6) is 5.35. The first-order valence-electron chi connectivity index (χ1n) is 15.1. The molecule has 46 heavy (non-hydrogen) atoms. The van der Waals surface area contributed by atoms with Gasteiger partial charge in [0.05, 0.1) is 0 Å². The second-order valence-corrected chi connectivity index (χ2v) is 11.2. The summed E-state index contributed by atoms with van der Waals surface area (Å²) in [5, 5.41) is 0. The molecule has 0 saturated heterocycles. The van der Waals surface area contributed by atoms with Crippen LogP contribution in [0.1, 0.15) is 33.4 Å². The van der Waals surface area contributed by atoms with Gasteiger partial charge in [0, 0.05) is 33.4 Å². The van der Waals surface area contributed by atoms with Crippen molar-refractivity contribution in [1.29, 1.82) is 0 Å². The third-order valence-corrected chi connectivity index (χ3v) is 8.45. The van der Waals surface area contributed by atoms with E-state index in [9.17, 15) is 4.79 Å². The van der Waals surface area contributed by atoms with E-state index in [1.807, 2.05) is 84.9 Å². The van der Waals surface area contributed by atoms with Crippen LogP contribution >= 0.6 is 0 Å². The Hall–Kier alpha value is -6.41. The second kappa shape index (κ2) is 12.3. The fourth-order valence-electron chi connectivity index (χ4n) is 6.12. The van der Waals surface area contributed by atoms with E-state index in [1.165, 1.54) is 0 Å². The summed E-state index contributed by atoms with van der Waals surface area (Å²) in [5.41, 5.74) is 12.6. The van der Waals surface area contributed by atoms with Crippen molar-refractivity contribution in [2.75, 3.05) is 0 Å². The largest absolute Gasteiger partial charge is 0.289 e. The van der Waals surface area contributed by atoms with Gasteiger partial charge in [-0.25, -0.2) is 0 Å². The molecule has 6 aromatic rings. The minimum atomic E-state index is -0.0359. The number of allylic oxidation sites excluding steroid dienone is 4. The van der Waals surface area contributed by atoms with Crippen molar-refractivity contribution in [1.82, 2.24) is 0 Å². The summed E-state index contributed by atoms with van der Waals surface area (Å²) in [4.78, 5) is 14.8. The van der Waals surface area contributed by atoms with Crippen LogP contribution in [0.3, 0.4) is 0 Å². The van der Waals surface area contributed by atoms with E-state index in [0.29, 0.717) is 11.1 Å². The minimum Gasteiger partial charge on any atom is -0.289 e. The average Bonchev–Trinajstić information content (AvgIpc) is 3.45. The number of hydrogen-bond acceptors (Lipinski definition) is 1. The van der Waals surface area contributed by atoms with E-state index >= 15 is 0 Å². The maximum absolute atomic E-state index is 14.8. The average molecular weight is 585 g/mol. The van der Waals surface area contributed by atoms with Crippen LogP contribution < -0.4 is 0 Å². The van der Waals surface area contributed by atoms with Crippen LogP contribution in [-0.2, 0) is 4.79 Å². The minimum absolute atomic E-state index is 0.0359. The molecule has 0 amide bonds. The van der Waals surface area contributed by atoms with Crippen LogP contribution in [0.25, 0.3) is 44.5 Å². The Labute approximate surface area is 270 Å². The summed E-state index contributed by atoms with van der Waals surface area (Å²) in [6.45, 7) is 0. The van der Waals surface area contributed by atoms with Gasteiger partial charge in [0.2, 0.25) is 0 Å². The number of ketones is 1. The molecule has 1 aliphatic rings. The highest BCUT2D eigenvalue weighted by Crippen LogP contribution is 2.50. The number of Topliss-reactive ketones (excluding diaryl/α,β-unsaturated/α-hetero) is 1. The topological polar surface area (TPSA) is 17.1 Å². The molecule has 1 nitrogen and oxygen atoms in total. The zero-order valence-corrected chi connectivity index (χ0v) is 25.1. The Balaban J connectivity index is 1.47. The molecule has 0 spiro atoms. The predicted molar refractivity (Wildman–Crippen MR) is 191 cm³/mol. The zero-order chi connectivity index (χ0) is 31.5. The highest BCUT2D eigenvalue weighted by Gasteiger charge is 2.35. The third-order valence-electron chi connectivity index (χ3n) is 8.45. The number of carbonyl (C=O) groups excluding carboxylic acids is 1. The molecular weight excluding hydrogens is 556 g/mol. The molecule has 214 valence electrons. The van der Waals surface area contributed by atoms with Crippen molar-refractivity contribution < 1.29 is 4.79 Å². The van der Waals surface area contributed by atoms with Gasteiger partial charge < -0.3 is 0 Å². The molecule has 6 aromatic carbocycles. The number of hydrogen-bond donors (Lipinski definition) is 0. The number of rotatable bonds is 6. The summed E-state index contributed by atoms with van der Waals surface area (Å²) in [6, 6.07) is 52.9. The molecule has 0 heterocycles. The van der Waals surface area contributed by atoms with E-state index in [2.05, 4.69) is 84.6 Å². The Morgan fingerprint density at radius 2 is 0.565 bits per heavy atom. The van der Waals surface area contributed by atoms with Gasteiger partial charge in [-0.1, -0.05) is 145 Å². The Morgan fingerprint density at radius 1 is 0.304 bits per heavy atom. The lowest BCUT2D eigenvalue weighted by Crippen LogP contribution is -2.02. The summed E-state index contributed by atoms with van der Waals surface area (Å²) < 4.78 is 0. The Morgan fingerprint density at radius 3 is 0.891 bits per heavy atom. The van der Waals surface area contributed by atoms with Crippen molar-refractivity contribution in [2.45, 2.75) is 0 Å². The molecule has 0 aliphatic heterocycles. The van der Waals surface area contributed by atoms with Crippen molar-refractivity contribution in [3.63, 3.8) is 0 Å². The van der Waals surface area contributed by atoms with Gasteiger partial charge in [0.15, 0.2) is 5.78 Å². The van der Waals surface area contributed by atoms with E-state index in [4.69, 9.17) is 12.8 Å². The van der Waals surface area contributed by atoms with Gasteiger partial charge >= 0.3 is 0 Å². The van der Waals surface area contributed by atoms with Crippen LogP contribution in [0.15, 0.2) is 158 Å². The van der Waals surface area contributed by atoms with Gasteiger partial charge in [0.1, 0.15) is 0 Å². The van der Waals surface area contributed by atoms with E-state index < -0.39 is 0 Å². The maximum Gasteiger partial charge on any atom is 0.195 e. The van der Waals surface area contributed by atoms with Gasteiger partial charge in [-0.05, 0) is 68.8 Å². The molecule has 7 rings (SSSR count). The fraction of sp³-hybridized carbons (Fsp3) is 0. The first kappa shape index (κ1) is 28.4. The van der Waals surface area contributed by atoms with Crippen LogP contribution in [0.4, 0.5) is 0 Å². The lowest BCUT2D eigenvalue weighted by atomic mass is 9.88. The van der Waals surface area contributed by atoms with Gasteiger partial charge in [-0.15, -0.1) is 12.8 Å². The second-order valence-electron chi connectivity index (χ2n) is 11.2. The highest BCUT2D eigenvalue weighted by atomic mass is 16.1. The number of benzene rings is 6. The Kier molecular flexibility index (Phi) is 7.58. The molecule has 0 bridgehead atoms. The molecular formula is C45H28O. The van der Waals surface area contributed by atoms with Gasteiger partial charge in [-0.2, -0.15) is 0 Å². The van der Waals surface area contributed by atoms with Crippen molar-refractivity contribution in [2.24, 2.45) is 0 Å². The number of terminal acetylenes is 2. The van der Waals surface area contributed by atoms with Gasteiger partial charge in [-0.3, -0.25) is 4.79 Å². The molecule has 0 atom stereocenters. The quantitative estimate of drug-likeness (QED) is 0.178. The molecule has 0 radical (unpaired) electrons. The third kappa shape index (κ3) is 5.28. The van der Waals surface area contributed by atoms with Crippen molar-refractivity contribution in [3.8, 4) is 46.9 Å². The molecule has 0 unspecified atom stereocenters. The van der Waals surface area contributed by atoms with E-state index in [-0.39, 0.29) is 5.78 Å². The summed E-state index contributed by atoms with van der Waals surface area (Å²) in [7, 11) is 0. The monoisotopic (exact) mass is 584 g/mol. The molecule has 0 aromatic heterocycles. The smallest absolute Gasteiger partial charge is 0.195 e. The number of carbonyl (C=O) groups is 1. The maximum atomic E-state index is 14.8. The van der Waals surface area contributed by atoms with Crippen molar-refractivity contribution in [3.05, 3.63) is 191 Å². The van der Waals surface area contributed by atoms with Crippen molar-refractivity contribution >= 4 is 28.1 Å². The zero-order valence-electron chi connectivity index (χ0n) is 25.1. The van der Waals surface area contributed by atoms with E-state index in [1.54, 1.807) is 0 Å². The molecule has 1 aliphatic carbocycles. The Bertz CT molecular complexity index is 2040. The van der Waals surface area contributed by atoms with Crippen LogP contribution in [0.2, 0.25) is 0 Å². The van der Waals surface area contributed by atoms with Crippen LogP contribution in [0, 0.1) is 24.7 Å². The van der Waals surface area contributed by atoms with E-state index in [0.717, 1.165) is 66.8 Å². The summed E-state index contributed by atoms with van der Waals surface area (Å²) >= 11 is 0.